The highest BCUT2D eigenvalue weighted by molar-refractivity contribution is 5.95. The number of carbonyl (C=O) groups is 7. The van der Waals surface area contributed by atoms with Crippen LogP contribution < -0.4 is 27.4 Å². The molecule has 0 aromatic heterocycles. The van der Waals surface area contributed by atoms with Gasteiger partial charge in [0.05, 0.1) is 12.5 Å². The quantitative estimate of drug-likeness (QED) is 0.118. The van der Waals surface area contributed by atoms with Gasteiger partial charge in [-0.25, -0.2) is 4.79 Å². The molecule has 0 saturated heterocycles. The number of primary amides is 1. The second-order valence-electron chi connectivity index (χ2n) is 6.85. The molecule has 32 heavy (non-hydrogen) atoms. The van der Waals surface area contributed by atoms with Crippen LogP contribution in [-0.4, -0.2) is 81.0 Å². The molecule has 0 rings (SSSR count). The van der Waals surface area contributed by atoms with E-state index in [0.717, 1.165) is 0 Å². The first-order chi connectivity index (χ1) is 14.7. The van der Waals surface area contributed by atoms with Gasteiger partial charge in [-0.3, -0.25) is 28.8 Å². The summed E-state index contributed by atoms with van der Waals surface area (Å²) >= 11 is 0. The molecule has 0 fully saturated rings. The number of nitrogens with one attached hydrogen (secondary N) is 3. The van der Waals surface area contributed by atoms with Gasteiger partial charge in [-0.1, -0.05) is 0 Å². The lowest BCUT2D eigenvalue weighted by Gasteiger charge is -2.24. The fourth-order valence-electron chi connectivity index (χ4n) is 2.31. The number of carboxylic acids is 3. The topological polar surface area (TPSA) is 268 Å². The molecule has 0 spiro atoms. The summed E-state index contributed by atoms with van der Waals surface area (Å²) in [6.07, 6.45) is -2.67. The van der Waals surface area contributed by atoms with Gasteiger partial charge in [0.1, 0.15) is 18.1 Å². The highest BCUT2D eigenvalue weighted by atomic mass is 16.4. The Labute approximate surface area is 181 Å². The number of hydrogen-bond acceptors (Lipinski definition) is 8. The summed E-state index contributed by atoms with van der Waals surface area (Å²) in [5.41, 5.74) is 10.3. The minimum atomic E-state index is -1.64. The van der Waals surface area contributed by atoms with Crippen molar-refractivity contribution >= 4 is 41.5 Å². The van der Waals surface area contributed by atoms with Crippen molar-refractivity contribution in [2.45, 2.75) is 63.2 Å². The second kappa shape index (κ2) is 13.5. The predicted octanol–water partition coefficient (Wildman–Crippen LogP) is -3.52. The zero-order chi connectivity index (χ0) is 25.0. The Morgan fingerprint density at radius 2 is 1.19 bits per heavy atom. The average molecular weight is 461 g/mol. The lowest BCUT2D eigenvalue weighted by Crippen LogP contribution is -2.57. The van der Waals surface area contributed by atoms with Gasteiger partial charge in [0, 0.05) is 12.8 Å². The lowest BCUT2D eigenvalue weighted by atomic mass is 10.1. The van der Waals surface area contributed by atoms with Gasteiger partial charge in [0.25, 0.3) is 0 Å². The molecule has 0 radical (unpaired) electrons. The number of carbonyl (C=O) groups excluding carboxylic acids is 4. The van der Waals surface area contributed by atoms with Crippen LogP contribution in [0.2, 0.25) is 0 Å². The standard InChI is InChI=1S/C17H27N5O10/c1-7(18)14(28)22-10(6-13(26)27)16(30)20-8(3-5-12(24)25)15(29)21-9(17(31)32)2-4-11(19)23/h7-10H,2-6,18H2,1H3,(H2,19,23)(H,20,30)(H,21,29)(H,22,28)(H,24,25)(H,26,27)(H,31,32). The summed E-state index contributed by atoms with van der Waals surface area (Å²) in [7, 11) is 0. The fourth-order valence-corrected chi connectivity index (χ4v) is 2.31. The van der Waals surface area contributed by atoms with Crippen molar-refractivity contribution in [3.05, 3.63) is 0 Å². The van der Waals surface area contributed by atoms with Gasteiger partial charge in [-0.05, 0) is 19.8 Å². The van der Waals surface area contributed by atoms with E-state index in [1.54, 1.807) is 0 Å². The van der Waals surface area contributed by atoms with E-state index in [-0.39, 0.29) is 12.8 Å². The Bertz CT molecular complexity index is 754. The first kappa shape index (κ1) is 28.2. The van der Waals surface area contributed by atoms with Crippen molar-refractivity contribution < 1.29 is 48.9 Å². The normalized spacial score (nSPS) is 14.2. The molecule has 15 heteroatoms. The fraction of sp³-hybridized carbons (Fsp3) is 0.588. The maximum atomic E-state index is 12.5. The van der Waals surface area contributed by atoms with E-state index in [4.69, 9.17) is 21.7 Å². The second-order valence-corrected chi connectivity index (χ2v) is 6.85. The summed E-state index contributed by atoms with van der Waals surface area (Å²) < 4.78 is 0. The maximum Gasteiger partial charge on any atom is 0.326 e. The van der Waals surface area contributed by atoms with E-state index in [9.17, 15) is 38.7 Å². The Balaban J connectivity index is 5.52. The molecular weight excluding hydrogens is 434 g/mol. The first-order valence-electron chi connectivity index (χ1n) is 9.36. The van der Waals surface area contributed by atoms with E-state index >= 15 is 0 Å². The number of aliphatic carboxylic acids is 3. The number of carboxylic acid groups (broad SMARTS) is 3. The SMILES string of the molecule is CC(N)C(=O)NC(CC(=O)O)C(=O)NC(CCC(=O)O)C(=O)NC(CCC(N)=O)C(=O)O. The molecule has 4 atom stereocenters. The van der Waals surface area contributed by atoms with Gasteiger partial charge in [-0.2, -0.15) is 0 Å². The van der Waals surface area contributed by atoms with Crippen molar-refractivity contribution in [2.75, 3.05) is 0 Å². The average Bonchev–Trinajstić information content (AvgIpc) is 2.66. The molecule has 0 aromatic carbocycles. The summed E-state index contributed by atoms with van der Waals surface area (Å²) in [5.74, 6) is -8.18. The van der Waals surface area contributed by atoms with Gasteiger partial charge in [0.15, 0.2) is 0 Å². The monoisotopic (exact) mass is 461 g/mol. The minimum absolute atomic E-state index is 0.359. The number of hydrogen-bond donors (Lipinski definition) is 8. The predicted molar refractivity (Wildman–Crippen MR) is 105 cm³/mol. The van der Waals surface area contributed by atoms with Crippen LogP contribution in [0, 0.1) is 0 Å². The van der Waals surface area contributed by atoms with E-state index < -0.39 is 85.0 Å². The Hall–Kier alpha value is -3.75. The molecule has 0 aliphatic rings. The van der Waals surface area contributed by atoms with Crippen molar-refractivity contribution in [1.29, 1.82) is 0 Å². The zero-order valence-corrected chi connectivity index (χ0v) is 17.2. The summed E-state index contributed by atoms with van der Waals surface area (Å²) in [4.78, 5) is 80.8. The van der Waals surface area contributed by atoms with Crippen LogP contribution in [0.15, 0.2) is 0 Å². The van der Waals surface area contributed by atoms with Crippen molar-refractivity contribution in [2.24, 2.45) is 11.5 Å². The Morgan fingerprint density at radius 1 is 0.719 bits per heavy atom. The van der Waals surface area contributed by atoms with Crippen LogP contribution in [0.25, 0.3) is 0 Å². The van der Waals surface area contributed by atoms with Crippen molar-refractivity contribution in [3.63, 3.8) is 0 Å². The van der Waals surface area contributed by atoms with Crippen LogP contribution in [0.4, 0.5) is 0 Å². The highest BCUT2D eigenvalue weighted by Crippen LogP contribution is 2.04. The molecular formula is C17H27N5O10. The number of amides is 4. The third-order valence-corrected chi connectivity index (χ3v) is 4.00. The van der Waals surface area contributed by atoms with Crippen LogP contribution in [0.3, 0.4) is 0 Å². The molecule has 15 nitrogen and oxygen atoms in total. The molecule has 4 amide bonds. The third kappa shape index (κ3) is 11.4. The van der Waals surface area contributed by atoms with Crippen LogP contribution in [-0.2, 0) is 33.6 Å². The summed E-state index contributed by atoms with van der Waals surface area (Å²) in [5, 5.41) is 33.3. The molecule has 0 bridgehead atoms. The van der Waals surface area contributed by atoms with Crippen molar-refractivity contribution in [1.82, 2.24) is 16.0 Å². The summed E-state index contributed by atoms with van der Waals surface area (Å²) in [6, 6.07) is -5.87. The number of nitrogens with two attached hydrogens (primary N) is 2. The highest BCUT2D eigenvalue weighted by Gasteiger charge is 2.31. The van der Waals surface area contributed by atoms with Crippen LogP contribution in [0.5, 0.6) is 0 Å². The summed E-state index contributed by atoms with van der Waals surface area (Å²) in [6.45, 7) is 1.28. The zero-order valence-electron chi connectivity index (χ0n) is 17.2. The molecule has 0 heterocycles. The number of rotatable bonds is 15. The Kier molecular flexibility index (Phi) is 11.9. The molecule has 0 aromatic rings. The van der Waals surface area contributed by atoms with Gasteiger partial charge in [-0.15, -0.1) is 0 Å². The van der Waals surface area contributed by atoms with E-state index in [2.05, 4.69) is 16.0 Å². The van der Waals surface area contributed by atoms with Gasteiger partial charge in [0.2, 0.25) is 23.6 Å². The van der Waals surface area contributed by atoms with Gasteiger partial charge < -0.3 is 42.7 Å². The molecule has 0 aliphatic carbocycles. The maximum absolute atomic E-state index is 12.5. The molecule has 0 aliphatic heterocycles. The molecule has 180 valence electrons. The molecule has 0 saturated carbocycles. The first-order valence-corrected chi connectivity index (χ1v) is 9.36. The molecule has 4 unspecified atom stereocenters. The molecule has 10 N–H and O–H groups in total. The van der Waals surface area contributed by atoms with Crippen LogP contribution >= 0.6 is 0 Å². The third-order valence-electron chi connectivity index (χ3n) is 4.00. The van der Waals surface area contributed by atoms with E-state index in [0.29, 0.717) is 0 Å². The van der Waals surface area contributed by atoms with E-state index in [1.165, 1.54) is 6.92 Å². The Morgan fingerprint density at radius 3 is 1.62 bits per heavy atom. The largest absolute Gasteiger partial charge is 0.481 e. The lowest BCUT2D eigenvalue weighted by molar-refractivity contribution is -0.144. The van der Waals surface area contributed by atoms with E-state index in [1.807, 2.05) is 0 Å². The van der Waals surface area contributed by atoms with Gasteiger partial charge >= 0.3 is 17.9 Å². The van der Waals surface area contributed by atoms with Crippen LogP contribution in [0.1, 0.15) is 39.0 Å². The minimum Gasteiger partial charge on any atom is -0.481 e. The smallest absolute Gasteiger partial charge is 0.326 e. The van der Waals surface area contributed by atoms with Crippen molar-refractivity contribution in [3.8, 4) is 0 Å².